The summed E-state index contributed by atoms with van der Waals surface area (Å²) in [6.07, 6.45) is 0. The van der Waals surface area contributed by atoms with Gasteiger partial charge in [-0.25, -0.2) is 0 Å². The lowest BCUT2D eigenvalue weighted by molar-refractivity contribution is -0.144. The molecule has 0 aliphatic carbocycles. The van der Waals surface area contributed by atoms with Gasteiger partial charge in [0.1, 0.15) is 0 Å². The topological polar surface area (TPSA) is 37.4 Å². The molecule has 0 radical (unpaired) electrons. The summed E-state index contributed by atoms with van der Waals surface area (Å²) < 4.78 is 0. The van der Waals surface area contributed by atoms with Crippen molar-refractivity contribution in [3.05, 3.63) is 35.9 Å². The molecule has 17 heavy (non-hydrogen) atoms. The minimum atomic E-state index is -0.430. The molecule has 1 aromatic rings. The van der Waals surface area contributed by atoms with E-state index in [-0.39, 0.29) is 12.0 Å². The number of carbonyl (C=O) groups is 2. The van der Waals surface area contributed by atoms with Gasteiger partial charge in [-0.2, -0.15) is 0 Å². The van der Waals surface area contributed by atoms with E-state index < -0.39 is 11.7 Å². The molecule has 1 aromatic carbocycles. The number of likely N-dealkylation sites (N-methyl/N-ethyl adjacent to an activating group) is 1. The Morgan fingerprint density at radius 3 is 2.12 bits per heavy atom. The molecule has 0 saturated carbocycles. The average molecular weight is 233 g/mol. The molecule has 1 rings (SSSR count). The van der Waals surface area contributed by atoms with E-state index in [0.29, 0.717) is 0 Å². The normalized spacial score (nSPS) is 13.9. The van der Waals surface area contributed by atoms with Crippen LogP contribution in [0.15, 0.2) is 30.3 Å². The highest BCUT2D eigenvalue weighted by molar-refractivity contribution is 6.35. The van der Waals surface area contributed by atoms with Gasteiger partial charge < -0.3 is 4.90 Å². The first kappa shape index (κ1) is 13.4. The molecule has 92 valence electrons. The molecule has 0 saturated heterocycles. The molecule has 2 atom stereocenters. The van der Waals surface area contributed by atoms with Crippen molar-refractivity contribution in [3.8, 4) is 0 Å². The summed E-state index contributed by atoms with van der Waals surface area (Å²) in [4.78, 5) is 24.2. The highest BCUT2D eigenvalue weighted by Crippen LogP contribution is 2.22. The minimum Gasteiger partial charge on any atom is -0.336 e. The zero-order valence-corrected chi connectivity index (χ0v) is 10.8. The number of rotatable bonds is 4. The Hall–Kier alpha value is -1.64. The summed E-state index contributed by atoms with van der Waals surface area (Å²) in [5, 5.41) is 0. The average Bonchev–Trinajstić information content (AvgIpc) is 2.36. The van der Waals surface area contributed by atoms with Crippen molar-refractivity contribution in [2.45, 2.75) is 32.7 Å². The first-order valence-electron chi connectivity index (χ1n) is 5.77. The number of Topliss-reactive ketones (excluding diaryl/α,β-unsaturated/α-hetero) is 1. The van der Waals surface area contributed by atoms with Gasteiger partial charge in [0.15, 0.2) is 0 Å². The Morgan fingerprint density at radius 2 is 1.65 bits per heavy atom. The molecular weight excluding hydrogens is 214 g/mol. The fourth-order valence-electron chi connectivity index (χ4n) is 1.80. The van der Waals surface area contributed by atoms with Crippen LogP contribution in [0.4, 0.5) is 0 Å². The second-order valence-corrected chi connectivity index (χ2v) is 4.41. The fourth-order valence-corrected chi connectivity index (χ4v) is 1.80. The first-order valence-corrected chi connectivity index (χ1v) is 5.77. The van der Waals surface area contributed by atoms with Crippen LogP contribution in [-0.2, 0) is 9.59 Å². The lowest BCUT2D eigenvalue weighted by atomic mass is 9.93. The highest BCUT2D eigenvalue weighted by atomic mass is 16.2. The van der Waals surface area contributed by atoms with Gasteiger partial charge >= 0.3 is 0 Å². The van der Waals surface area contributed by atoms with E-state index in [0.717, 1.165) is 0 Å². The Balaban J connectivity index is 2.80. The molecule has 0 aliphatic rings. The van der Waals surface area contributed by atoms with Crippen LogP contribution in [0.2, 0.25) is 0 Å². The number of ketones is 1. The van der Waals surface area contributed by atoms with Gasteiger partial charge in [0.05, 0.1) is 0 Å². The number of amides is 1. The third-order valence-electron chi connectivity index (χ3n) is 3.28. The Labute approximate surface area is 102 Å². The molecule has 0 aromatic heterocycles. The van der Waals surface area contributed by atoms with Gasteiger partial charge in [-0.3, -0.25) is 9.59 Å². The quantitative estimate of drug-likeness (QED) is 0.748. The van der Waals surface area contributed by atoms with E-state index in [4.69, 9.17) is 0 Å². The van der Waals surface area contributed by atoms with Crippen molar-refractivity contribution < 1.29 is 9.59 Å². The van der Waals surface area contributed by atoms with Crippen molar-refractivity contribution in [1.29, 1.82) is 0 Å². The lowest BCUT2D eigenvalue weighted by Gasteiger charge is -2.29. The molecule has 0 heterocycles. The smallest absolute Gasteiger partial charge is 0.289 e. The van der Waals surface area contributed by atoms with Crippen molar-refractivity contribution in [2.75, 3.05) is 7.05 Å². The second kappa shape index (κ2) is 5.62. The summed E-state index contributed by atoms with van der Waals surface area (Å²) in [5.41, 5.74) is 1.17. The standard InChI is InChI=1S/C14H19NO2/c1-10(13-8-6-5-7-9-13)11(2)15(4)14(17)12(3)16/h5-11H,1-4H3. The summed E-state index contributed by atoms with van der Waals surface area (Å²) in [6.45, 7) is 5.32. The second-order valence-electron chi connectivity index (χ2n) is 4.41. The number of nitrogens with zero attached hydrogens (tertiary/aromatic N) is 1. The van der Waals surface area contributed by atoms with Gasteiger partial charge in [0, 0.05) is 25.9 Å². The summed E-state index contributed by atoms with van der Waals surface area (Å²) in [5.74, 6) is -0.649. The monoisotopic (exact) mass is 233 g/mol. The maximum Gasteiger partial charge on any atom is 0.289 e. The van der Waals surface area contributed by atoms with Crippen molar-refractivity contribution >= 4 is 11.7 Å². The van der Waals surface area contributed by atoms with Gasteiger partial charge in [-0.1, -0.05) is 37.3 Å². The molecule has 3 heteroatoms. The first-order chi connectivity index (χ1) is 7.95. The van der Waals surface area contributed by atoms with Crippen LogP contribution >= 0.6 is 0 Å². The van der Waals surface area contributed by atoms with Gasteiger partial charge in [0.2, 0.25) is 5.78 Å². The molecule has 0 bridgehead atoms. The molecular formula is C14H19NO2. The minimum absolute atomic E-state index is 0.00574. The predicted octanol–water partition coefficient (Wildman–Crippen LogP) is 2.23. The Bertz CT molecular complexity index is 400. The van der Waals surface area contributed by atoms with E-state index >= 15 is 0 Å². The molecule has 0 N–H and O–H groups in total. The van der Waals surface area contributed by atoms with E-state index in [1.165, 1.54) is 17.4 Å². The number of hydrogen-bond donors (Lipinski definition) is 0. The predicted molar refractivity (Wildman–Crippen MR) is 67.8 cm³/mol. The third-order valence-corrected chi connectivity index (χ3v) is 3.28. The number of carbonyl (C=O) groups excluding carboxylic acids is 2. The summed E-state index contributed by atoms with van der Waals surface area (Å²) in [6, 6.07) is 9.98. The fraction of sp³-hybridized carbons (Fsp3) is 0.429. The van der Waals surface area contributed by atoms with Crippen LogP contribution in [0.25, 0.3) is 0 Å². The molecule has 2 unspecified atom stereocenters. The van der Waals surface area contributed by atoms with E-state index in [9.17, 15) is 9.59 Å². The zero-order valence-electron chi connectivity index (χ0n) is 10.8. The molecule has 1 amide bonds. The number of benzene rings is 1. The Kier molecular flexibility index (Phi) is 4.44. The molecule has 0 fully saturated rings. The van der Waals surface area contributed by atoms with Crippen molar-refractivity contribution in [1.82, 2.24) is 4.90 Å². The molecule has 3 nitrogen and oxygen atoms in total. The lowest BCUT2D eigenvalue weighted by Crippen LogP contribution is -2.41. The van der Waals surface area contributed by atoms with Crippen LogP contribution in [0.5, 0.6) is 0 Å². The van der Waals surface area contributed by atoms with E-state index in [2.05, 4.69) is 6.92 Å². The zero-order chi connectivity index (χ0) is 13.0. The third kappa shape index (κ3) is 3.16. The maximum absolute atomic E-state index is 11.6. The maximum atomic E-state index is 11.6. The van der Waals surface area contributed by atoms with Gasteiger partial charge in [-0.05, 0) is 12.5 Å². The van der Waals surface area contributed by atoms with Crippen molar-refractivity contribution in [3.63, 3.8) is 0 Å². The van der Waals surface area contributed by atoms with Gasteiger partial charge in [-0.15, -0.1) is 0 Å². The Morgan fingerprint density at radius 1 is 1.12 bits per heavy atom. The van der Waals surface area contributed by atoms with Crippen LogP contribution in [0, 0.1) is 0 Å². The molecule has 0 spiro atoms. The largest absolute Gasteiger partial charge is 0.336 e. The van der Waals surface area contributed by atoms with E-state index in [1.807, 2.05) is 37.3 Å². The van der Waals surface area contributed by atoms with Crippen LogP contribution in [0.1, 0.15) is 32.3 Å². The van der Waals surface area contributed by atoms with Crippen molar-refractivity contribution in [2.24, 2.45) is 0 Å². The van der Waals surface area contributed by atoms with E-state index in [1.54, 1.807) is 7.05 Å². The van der Waals surface area contributed by atoms with Gasteiger partial charge in [0.25, 0.3) is 5.91 Å². The van der Waals surface area contributed by atoms with Crippen LogP contribution < -0.4 is 0 Å². The SMILES string of the molecule is CC(=O)C(=O)N(C)C(C)C(C)c1ccccc1. The summed E-state index contributed by atoms with van der Waals surface area (Å²) >= 11 is 0. The summed E-state index contributed by atoms with van der Waals surface area (Å²) in [7, 11) is 1.67. The number of hydrogen-bond acceptors (Lipinski definition) is 2. The van der Waals surface area contributed by atoms with Crippen LogP contribution in [0.3, 0.4) is 0 Å². The highest BCUT2D eigenvalue weighted by Gasteiger charge is 2.24. The van der Waals surface area contributed by atoms with Crippen LogP contribution in [-0.4, -0.2) is 29.7 Å². The molecule has 0 aliphatic heterocycles.